The lowest BCUT2D eigenvalue weighted by Gasteiger charge is -2.14. The highest BCUT2D eigenvalue weighted by Crippen LogP contribution is 2.30. The number of hydrogen-bond donors (Lipinski definition) is 1. The fourth-order valence-corrected chi connectivity index (χ4v) is 2.58. The minimum Gasteiger partial charge on any atom is -0.497 e. The van der Waals surface area contributed by atoms with E-state index in [-0.39, 0.29) is 5.91 Å². The molecule has 0 bridgehead atoms. The molecule has 144 valence electrons. The number of ether oxygens (including phenoxy) is 3. The molecule has 0 aliphatic rings. The Morgan fingerprint density at radius 3 is 2.57 bits per heavy atom. The van der Waals surface area contributed by atoms with E-state index in [1.165, 1.54) is 0 Å². The third kappa shape index (κ3) is 5.01. The molecule has 0 atom stereocenters. The van der Waals surface area contributed by atoms with Gasteiger partial charge in [-0.1, -0.05) is 6.07 Å². The molecular weight excluding hydrogens is 356 g/mol. The SMILES string of the molecule is CCOc1cc(C(=O)Nc2cccc(OC)c2)ccc1OCc1ccncc1. The number of aromatic nitrogens is 1. The second-order valence-electron chi connectivity index (χ2n) is 5.92. The molecule has 0 aliphatic heterocycles. The van der Waals surface area contributed by atoms with Gasteiger partial charge in [-0.3, -0.25) is 9.78 Å². The summed E-state index contributed by atoms with van der Waals surface area (Å²) in [5, 5.41) is 2.86. The number of methoxy groups -OCH3 is 1. The maximum absolute atomic E-state index is 12.6. The molecule has 0 saturated heterocycles. The topological polar surface area (TPSA) is 69.7 Å². The molecule has 1 N–H and O–H groups in total. The summed E-state index contributed by atoms with van der Waals surface area (Å²) in [6, 6.07) is 16.1. The molecule has 0 radical (unpaired) electrons. The Kier molecular flexibility index (Phi) is 6.46. The predicted octanol–water partition coefficient (Wildman–Crippen LogP) is 4.32. The standard InChI is InChI=1S/C22H22N2O4/c1-3-27-21-13-17(22(25)24-18-5-4-6-19(14-18)26-2)7-8-20(21)28-15-16-9-11-23-12-10-16/h4-14H,3,15H2,1-2H3,(H,24,25). The molecule has 3 aromatic rings. The van der Waals surface area contributed by atoms with Crippen molar-refractivity contribution in [3.8, 4) is 17.2 Å². The molecule has 3 rings (SSSR count). The number of carbonyl (C=O) groups is 1. The van der Waals surface area contributed by atoms with E-state index in [0.717, 1.165) is 5.56 Å². The lowest BCUT2D eigenvalue weighted by atomic mass is 10.1. The van der Waals surface area contributed by atoms with Crippen molar-refractivity contribution in [2.24, 2.45) is 0 Å². The fraction of sp³-hybridized carbons (Fsp3) is 0.182. The van der Waals surface area contributed by atoms with Gasteiger partial charge >= 0.3 is 0 Å². The largest absolute Gasteiger partial charge is 0.497 e. The van der Waals surface area contributed by atoms with Crippen molar-refractivity contribution in [1.82, 2.24) is 4.98 Å². The van der Waals surface area contributed by atoms with Gasteiger partial charge in [-0.05, 0) is 55.0 Å². The monoisotopic (exact) mass is 378 g/mol. The van der Waals surface area contributed by atoms with Crippen molar-refractivity contribution in [1.29, 1.82) is 0 Å². The van der Waals surface area contributed by atoms with Gasteiger partial charge in [0.25, 0.3) is 5.91 Å². The Morgan fingerprint density at radius 1 is 1.00 bits per heavy atom. The molecule has 0 saturated carbocycles. The summed E-state index contributed by atoms with van der Waals surface area (Å²) in [5.74, 6) is 1.54. The predicted molar refractivity (Wildman–Crippen MR) is 107 cm³/mol. The second kappa shape index (κ2) is 9.41. The Morgan fingerprint density at radius 2 is 1.82 bits per heavy atom. The van der Waals surface area contributed by atoms with Gasteiger partial charge in [-0.25, -0.2) is 0 Å². The van der Waals surface area contributed by atoms with Crippen LogP contribution in [-0.2, 0) is 6.61 Å². The van der Waals surface area contributed by atoms with Crippen molar-refractivity contribution in [3.63, 3.8) is 0 Å². The summed E-state index contributed by atoms with van der Waals surface area (Å²) in [4.78, 5) is 16.6. The Hall–Kier alpha value is -3.54. The van der Waals surface area contributed by atoms with Crippen LogP contribution in [-0.4, -0.2) is 24.6 Å². The number of hydrogen-bond acceptors (Lipinski definition) is 5. The molecule has 0 spiro atoms. The van der Waals surface area contributed by atoms with Crippen molar-refractivity contribution < 1.29 is 19.0 Å². The van der Waals surface area contributed by atoms with E-state index in [2.05, 4.69) is 10.3 Å². The van der Waals surface area contributed by atoms with Crippen LogP contribution in [0.25, 0.3) is 0 Å². The third-order valence-electron chi connectivity index (χ3n) is 3.98. The van der Waals surface area contributed by atoms with Crippen LogP contribution in [0, 0.1) is 0 Å². The quantitative estimate of drug-likeness (QED) is 0.632. The van der Waals surface area contributed by atoms with Crippen molar-refractivity contribution >= 4 is 11.6 Å². The maximum Gasteiger partial charge on any atom is 0.255 e. The highest BCUT2D eigenvalue weighted by molar-refractivity contribution is 6.04. The first-order chi connectivity index (χ1) is 13.7. The molecule has 0 aliphatic carbocycles. The molecule has 6 heteroatoms. The first kappa shape index (κ1) is 19.2. The number of pyridine rings is 1. The van der Waals surface area contributed by atoms with Gasteiger partial charge in [-0.15, -0.1) is 0 Å². The van der Waals surface area contributed by atoms with E-state index in [9.17, 15) is 4.79 Å². The minimum absolute atomic E-state index is 0.241. The molecule has 28 heavy (non-hydrogen) atoms. The van der Waals surface area contributed by atoms with E-state index >= 15 is 0 Å². The van der Waals surface area contributed by atoms with Crippen LogP contribution in [0.5, 0.6) is 17.2 Å². The molecule has 0 unspecified atom stereocenters. The van der Waals surface area contributed by atoms with Crippen LogP contribution >= 0.6 is 0 Å². The summed E-state index contributed by atoms with van der Waals surface area (Å²) < 4.78 is 16.7. The van der Waals surface area contributed by atoms with Gasteiger partial charge < -0.3 is 19.5 Å². The number of nitrogens with zero attached hydrogens (tertiary/aromatic N) is 1. The van der Waals surface area contributed by atoms with Crippen LogP contribution in [0.15, 0.2) is 67.0 Å². The number of rotatable bonds is 8. The first-order valence-corrected chi connectivity index (χ1v) is 8.93. The number of nitrogens with one attached hydrogen (secondary N) is 1. The summed E-state index contributed by atoms with van der Waals surface area (Å²) in [5.41, 5.74) is 2.13. The van der Waals surface area contributed by atoms with Gasteiger partial charge in [0.15, 0.2) is 11.5 Å². The highest BCUT2D eigenvalue weighted by Gasteiger charge is 2.12. The molecule has 2 aromatic carbocycles. The number of anilines is 1. The van der Waals surface area contributed by atoms with Gasteiger partial charge in [0.1, 0.15) is 12.4 Å². The number of carbonyl (C=O) groups excluding carboxylic acids is 1. The zero-order valence-corrected chi connectivity index (χ0v) is 15.8. The van der Waals surface area contributed by atoms with E-state index in [4.69, 9.17) is 14.2 Å². The van der Waals surface area contributed by atoms with Gasteiger partial charge in [0, 0.05) is 29.7 Å². The van der Waals surface area contributed by atoms with E-state index < -0.39 is 0 Å². The van der Waals surface area contributed by atoms with E-state index in [1.54, 1.807) is 49.8 Å². The summed E-state index contributed by atoms with van der Waals surface area (Å²) in [7, 11) is 1.58. The third-order valence-corrected chi connectivity index (χ3v) is 3.98. The Labute approximate surface area is 164 Å². The highest BCUT2D eigenvalue weighted by atomic mass is 16.5. The van der Waals surface area contributed by atoms with Gasteiger partial charge in [-0.2, -0.15) is 0 Å². The summed E-state index contributed by atoms with van der Waals surface area (Å²) in [6.45, 7) is 2.74. The lowest BCUT2D eigenvalue weighted by Crippen LogP contribution is -2.12. The summed E-state index contributed by atoms with van der Waals surface area (Å²) in [6.07, 6.45) is 3.43. The van der Waals surface area contributed by atoms with Gasteiger partial charge in [0.2, 0.25) is 0 Å². The van der Waals surface area contributed by atoms with E-state index in [1.807, 2.05) is 31.2 Å². The molecule has 0 fully saturated rings. The average Bonchev–Trinajstić information content (AvgIpc) is 2.74. The maximum atomic E-state index is 12.6. The molecule has 6 nitrogen and oxygen atoms in total. The van der Waals surface area contributed by atoms with Crippen molar-refractivity contribution in [2.45, 2.75) is 13.5 Å². The van der Waals surface area contributed by atoms with Crippen LogP contribution in [0.4, 0.5) is 5.69 Å². The summed E-state index contributed by atoms with van der Waals surface area (Å²) >= 11 is 0. The Bertz CT molecular complexity index is 929. The fourth-order valence-electron chi connectivity index (χ4n) is 2.58. The Balaban J connectivity index is 1.74. The smallest absolute Gasteiger partial charge is 0.255 e. The minimum atomic E-state index is -0.241. The average molecular weight is 378 g/mol. The molecular formula is C22H22N2O4. The number of amides is 1. The zero-order chi connectivity index (χ0) is 19.8. The molecule has 1 aromatic heterocycles. The normalized spacial score (nSPS) is 10.2. The van der Waals surface area contributed by atoms with Crippen LogP contribution in [0.2, 0.25) is 0 Å². The zero-order valence-electron chi connectivity index (χ0n) is 15.8. The number of benzene rings is 2. The second-order valence-corrected chi connectivity index (χ2v) is 5.92. The van der Waals surface area contributed by atoms with Gasteiger partial charge in [0.05, 0.1) is 13.7 Å². The lowest BCUT2D eigenvalue weighted by molar-refractivity contribution is 0.102. The van der Waals surface area contributed by atoms with Crippen molar-refractivity contribution in [2.75, 3.05) is 19.0 Å². The van der Waals surface area contributed by atoms with Crippen LogP contribution in [0.3, 0.4) is 0 Å². The molecule has 1 amide bonds. The molecule has 1 heterocycles. The first-order valence-electron chi connectivity index (χ1n) is 8.93. The van der Waals surface area contributed by atoms with Crippen LogP contribution < -0.4 is 19.5 Å². The van der Waals surface area contributed by atoms with Crippen LogP contribution in [0.1, 0.15) is 22.8 Å². The van der Waals surface area contributed by atoms with E-state index in [0.29, 0.717) is 41.7 Å². The van der Waals surface area contributed by atoms with Crippen molar-refractivity contribution in [3.05, 3.63) is 78.1 Å².